The maximum atomic E-state index is 13.8. The molecule has 0 aliphatic heterocycles. The van der Waals surface area contributed by atoms with Crippen LogP contribution in [0, 0.1) is 18.7 Å². The minimum absolute atomic E-state index is 0.0499. The van der Waals surface area contributed by atoms with Gasteiger partial charge >= 0.3 is 5.97 Å². The third-order valence-electron chi connectivity index (χ3n) is 4.00. The Morgan fingerprint density at radius 2 is 2.21 bits per heavy atom. The summed E-state index contributed by atoms with van der Waals surface area (Å²) in [6.45, 7) is 3.81. The van der Waals surface area contributed by atoms with Crippen LogP contribution in [0.3, 0.4) is 0 Å². The fourth-order valence-electron chi connectivity index (χ4n) is 2.74. The predicted molar refractivity (Wildman–Crippen MR) is 72.6 cm³/mol. The zero-order valence-electron chi connectivity index (χ0n) is 11.6. The van der Waals surface area contributed by atoms with Gasteiger partial charge in [0.2, 0.25) is 0 Å². The summed E-state index contributed by atoms with van der Waals surface area (Å²) in [5, 5.41) is 0. The smallest absolute Gasteiger partial charge is 0.341 e. The average molecular weight is 264 g/mol. The van der Waals surface area contributed by atoms with Crippen molar-refractivity contribution in [1.82, 2.24) is 0 Å². The van der Waals surface area contributed by atoms with E-state index in [0.717, 1.165) is 25.7 Å². The molecule has 0 bridgehead atoms. The Morgan fingerprint density at radius 3 is 2.95 bits per heavy atom. The van der Waals surface area contributed by atoms with Gasteiger partial charge < -0.3 is 4.74 Å². The lowest BCUT2D eigenvalue weighted by Crippen LogP contribution is -2.25. The second kappa shape index (κ2) is 6.18. The molecule has 3 heteroatoms. The van der Waals surface area contributed by atoms with Crippen LogP contribution in [0.5, 0.6) is 0 Å². The van der Waals surface area contributed by atoms with Crippen molar-refractivity contribution in [3.8, 4) is 0 Å². The standard InChI is InChI=1S/C16H21FO2/c1-3-12-7-5-8-13(10-12)19-16(18)14-9-4-6-11(2)15(14)17/h4,6,9,12-13H,3,5,7-8,10H2,1-2H3. The van der Waals surface area contributed by atoms with Crippen LogP contribution in [0.15, 0.2) is 18.2 Å². The van der Waals surface area contributed by atoms with E-state index >= 15 is 0 Å². The summed E-state index contributed by atoms with van der Waals surface area (Å²) in [5.41, 5.74) is 0.531. The Balaban J connectivity index is 2.02. The van der Waals surface area contributed by atoms with E-state index in [4.69, 9.17) is 4.74 Å². The van der Waals surface area contributed by atoms with Crippen molar-refractivity contribution in [3.63, 3.8) is 0 Å². The summed E-state index contributed by atoms with van der Waals surface area (Å²) in [6.07, 6.45) is 5.18. The Hall–Kier alpha value is -1.38. The van der Waals surface area contributed by atoms with Crippen molar-refractivity contribution in [2.75, 3.05) is 0 Å². The van der Waals surface area contributed by atoms with Crippen molar-refractivity contribution >= 4 is 5.97 Å². The number of aryl methyl sites for hydroxylation is 1. The van der Waals surface area contributed by atoms with Gasteiger partial charge in [0, 0.05) is 0 Å². The predicted octanol–water partition coefficient (Wildman–Crippen LogP) is 4.26. The van der Waals surface area contributed by atoms with E-state index in [1.165, 1.54) is 12.5 Å². The molecule has 1 aromatic rings. The highest BCUT2D eigenvalue weighted by Gasteiger charge is 2.25. The highest BCUT2D eigenvalue weighted by Crippen LogP contribution is 2.29. The quantitative estimate of drug-likeness (QED) is 0.762. The monoisotopic (exact) mass is 264 g/mol. The largest absolute Gasteiger partial charge is 0.459 e. The van der Waals surface area contributed by atoms with Gasteiger partial charge in [-0.2, -0.15) is 0 Å². The molecule has 0 heterocycles. The Bertz CT molecular complexity index is 456. The molecule has 1 aliphatic rings. The summed E-state index contributed by atoms with van der Waals surface area (Å²) >= 11 is 0. The van der Waals surface area contributed by atoms with E-state index in [-0.39, 0.29) is 11.7 Å². The third-order valence-corrected chi connectivity index (χ3v) is 4.00. The molecule has 2 atom stereocenters. The van der Waals surface area contributed by atoms with Gasteiger partial charge in [-0.15, -0.1) is 0 Å². The first-order valence-electron chi connectivity index (χ1n) is 7.08. The third kappa shape index (κ3) is 3.34. The molecular formula is C16H21FO2. The Morgan fingerprint density at radius 1 is 1.42 bits per heavy atom. The second-order valence-corrected chi connectivity index (χ2v) is 5.40. The van der Waals surface area contributed by atoms with Gasteiger partial charge in [0.15, 0.2) is 0 Å². The average Bonchev–Trinajstić information content (AvgIpc) is 2.42. The van der Waals surface area contributed by atoms with Crippen LogP contribution >= 0.6 is 0 Å². The van der Waals surface area contributed by atoms with E-state index in [9.17, 15) is 9.18 Å². The van der Waals surface area contributed by atoms with Gasteiger partial charge in [0.05, 0.1) is 5.56 Å². The zero-order valence-corrected chi connectivity index (χ0v) is 11.6. The molecule has 19 heavy (non-hydrogen) atoms. The van der Waals surface area contributed by atoms with Crippen molar-refractivity contribution in [2.24, 2.45) is 5.92 Å². The van der Waals surface area contributed by atoms with Crippen molar-refractivity contribution in [3.05, 3.63) is 35.1 Å². The maximum Gasteiger partial charge on any atom is 0.341 e. The Labute approximate surface area is 114 Å². The van der Waals surface area contributed by atoms with Crippen LogP contribution in [0.1, 0.15) is 54.9 Å². The summed E-state index contributed by atoms with van der Waals surface area (Å²) < 4.78 is 19.3. The maximum absolute atomic E-state index is 13.8. The van der Waals surface area contributed by atoms with Gasteiger partial charge in [-0.1, -0.05) is 31.9 Å². The van der Waals surface area contributed by atoms with Crippen molar-refractivity contribution < 1.29 is 13.9 Å². The molecule has 0 spiro atoms. The lowest BCUT2D eigenvalue weighted by molar-refractivity contribution is 0.0135. The number of ether oxygens (including phenoxy) is 1. The Kier molecular flexibility index (Phi) is 4.56. The summed E-state index contributed by atoms with van der Waals surface area (Å²) in [7, 11) is 0. The minimum Gasteiger partial charge on any atom is -0.459 e. The molecule has 2 nitrogen and oxygen atoms in total. The molecule has 2 rings (SSSR count). The van der Waals surface area contributed by atoms with Gasteiger partial charge in [-0.05, 0) is 43.7 Å². The number of hydrogen-bond donors (Lipinski definition) is 0. The molecule has 2 unspecified atom stereocenters. The van der Waals surface area contributed by atoms with Crippen LogP contribution in [0.2, 0.25) is 0 Å². The van der Waals surface area contributed by atoms with Gasteiger partial charge in [-0.3, -0.25) is 0 Å². The van der Waals surface area contributed by atoms with E-state index in [2.05, 4.69) is 6.92 Å². The fraction of sp³-hybridized carbons (Fsp3) is 0.562. The molecule has 0 N–H and O–H groups in total. The summed E-state index contributed by atoms with van der Waals surface area (Å²) in [4.78, 5) is 12.0. The van der Waals surface area contributed by atoms with Crippen molar-refractivity contribution in [1.29, 1.82) is 0 Å². The van der Waals surface area contributed by atoms with Crippen LogP contribution in [-0.4, -0.2) is 12.1 Å². The number of carbonyl (C=O) groups excluding carboxylic acids is 1. The summed E-state index contributed by atoms with van der Waals surface area (Å²) in [6, 6.07) is 4.83. The number of esters is 1. The van der Waals surface area contributed by atoms with Gasteiger partial charge in [-0.25, -0.2) is 9.18 Å². The number of carbonyl (C=O) groups is 1. The molecule has 1 aliphatic carbocycles. The molecule has 0 aromatic heterocycles. The summed E-state index contributed by atoms with van der Waals surface area (Å²) in [5.74, 6) is -0.354. The van der Waals surface area contributed by atoms with E-state index in [1.807, 2.05) is 0 Å². The fourth-order valence-corrected chi connectivity index (χ4v) is 2.74. The van der Waals surface area contributed by atoms with E-state index in [0.29, 0.717) is 11.5 Å². The molecular weight excluding hydrogens is 243 g/mol. The van der Waals surface area contributed by atoms with Crippen LogP contribution in [0.4, 0.5) is 4.39 Å². The first kappa shape index (κ1) is 14.0. The van der Waals surface area contributed by atoms with E-state index in [1.54, 1.807) is 19.1 Å². The number of hydrogen-bond acceptors (Lipinski definition) is 2. The van der Waals surface area contributed by atoms with Gasteiger partial charge in [0.1, 0.15) is 11.9 Å². The molecule has 1 saturated carbocycles. The van der Waals surface area contributed by atoms with Crippen LogP contribution in [-0.2, 0) is 4.74 Å². The number of benzene rings is 1. The highest BCUT2D eigenvalue weighted by molar-refractivity contribution is 5.90. The molecule has 0 radical (unpaired) electrons. The van der Waals surface area contributed by atoms with Crippen LogP contribution in [0.25, 0.3) is 0 Å². The van der Waals surface area contributed by atoms with Gasteiger partial charge in [0.25, 0.3) is 0 Å². The SMILES string of the molecule is CCC1CCCC(OC(=O)c2cccc(C)c2F)C1. The minimum atomic E-state index is -0.525. The lowest BCUT2D eigenvalue weighted by Gasteiger charge is -2.28. The molecule has 1 fully saturated rings. The molecule has 0 amide bonds. The first-order valence-corrected chi connectivity index (χ1v) is 7.08. The normalized spacial score (nSPS) is 23.1. The number of halogens is 1. The molecule has 104 valence electrons. The highest BCUT2D eigenvalue weighted by atomic mass is 19.1. The molecule has 1 aromatic carbocycles. The second-order valence-electron chi connectivity index (χ2n) is 5.40. The van der Waals surface area contributed by atoms with Crippen molar-refractivity contribution in [2.45, 2.75) is 52.1 Å². The van der Waals surface area contributed by atoms with Crippen LogP contribution < -0.4 is 0 Å². The first-order chi connectivity index (χ1) is 9.11. The number of rotatable bonds is 3. The lowest BCUT2D eigenvalue weighted by atomic mass is 9.85. The zero-order chi connectivity index (χ0) is 13.8. The topological polar surface area (TPSA) is 26.3 Å². The van der Waals surface area contributed by atoms with E-state index < -0.39 is 11.8 Å². The molecule has 0 saturated heterocycles.